The highest BCUT2D eigenvalue weighted by atomic mass is 16.3. The van der Waals surface area contributed by atoms with Gasteiger partial charge in [-0.1, -0.05) is 19.1 Å². The number of aliphatic hydroxyl groups excluding tert-OH is 1. The maximum atomic E-state index is 11.9. The molecule has 2 rings (SSSR count). The Balaban J connectivity index is 2.09. The Hall–Kier alpha value is -1.55. The van der Waals surface area contributed by atoms with Crippen LogP contribution >= 0.6 is 0 Å². The average molecular weight is 276 g/mol. The third-order valence-electron chi connectivity index (χ3n) is 4.28. The van der Waals surface area contributed by atoms with Crippen LogP contribution in [0.2, 0.25) is 0 Å². The molecule has 0 spiro atoms. The van der Waals surface area contributed by atoms with Gasteiger partial charge in [-0.3, -0.25) is 4.79 Å². The van der Waals surface area contributed by atoms with Crippen LogP contribution in [0.25, 0.3) is 0 Å². The summed E-state index contributed by atoms with van der Waals surface area (Å²) in [6, 6.07) is 8.01. The average Bonchev–Trinajstić information content (AvgIpc) is 2.89. The zero-order valence-electron chi connectivity index (χ0n) is 12.5. The van der Waals surface area contributed by atoms with Crippen LogP contribution in [0.5, 0.6) is 0 Å². The van der Waals surface area contributed by atoms with Crippen LogP contribution in [-0.4, -0.2) is 31.2 Å². The maximum absolute atomic E-state index is 11.9. The van der Waals surface area contributed by atoms with Crippen molar-refractivity contribution < 1.29 is 9.90 Å². The molecule has 0 bridgehead atoms. The predicted octanol–water partition coefficient (Wildman–Crippen LogP) is 2.09. The standard InChI is InChI=1S/C16H24N2O2/c1-4-14(19)12-5-7-13(8-6-12)18-10-9-16(2,11-18)15(20)17-3/h5-8,14,19H,4,9-11H2,1-3H3,(H,17,20)/t14-,16?/m1/s1. The summed E-state index contributed by atoms with van der Waals surface area (Å²) in [5, 5.41) is 12.6. The SMILES string of the molecule is CC[C@@H](O)c1ccc(N2CCC(C)(C(=O)NC)C2)cc1. The van der Waals surface area contributed by atoms with Crippen LogP contribution in [0.4, 0.5) is 5.69 Å². The Morgan fingerprint density at radius 2 is 2.10 bits per heavy atom. The Morgan fingerprint density at radius 3 is 2.65 bits per heavy atom. The summed E-state index contributed by atoms with van der Waals surface area (Å²) in [5.41, 5.74) is 1.75. The van der Waals surface area contributed by atoms with E-state index in [9.17, 15) is 9.90 Å². The van der Waals surface area contributed by atoms with Gasteiger partial charge in [0.15, 0.2) is 0 Å². The van der Waals surface area contributed by atoms with E-state index in [0.29, 0.717) is 0 Å². The lowest BCUT2D eigenvalue weighted by molar-refractivity contribution is -0.128. The van der Waals surface area contributed by atoms with Crippen molar-refractivity contribution in [3.05, 3.63) is 29.8 Å². The van der Waals surface area contributed by atoms with E-state index in [-0.39, 0.29) is 11.3 Å². The minimum atomic E-state index is -0.390. The van der Waals surface area contributed by atoms with E-state index in [2.05, 4.69) is 10.2 Å². The summed E-state index contributed by atoms with van der Waals surface area (Å²) in [7, 11) is 1.69. The molecule has 1 aromatic carbocycles. The number of nitrogens with one attached hydrogen (secondary N) is 1. The van der Waals surface area contributed by atoms with Crippen molar-refractivity contribution in [2.24, 2.45) is 5.41 Å². The van der Waals surface area contributed by atoms with Gasteiger partial charge in [-0.05, 0) is 37.5 Å². The normalized spacial score (nSPS) is 23.7. The second kappa shape index (κ2) is 5.83. The summed E-state index contributed by atoms with van der Waals surface area (Å²) in [4.78, 5) is 14.2. The zero-order valence-corrected chi connectivity index (χ0v) is 12.5. The van der Waals surface area contributed by atoms with Gasteiger partial charge < -0.3 is 15.3 Å². The Morgan fingerprint density at radius 1 is 1.45 bits per heavy atom. The molecule has 110 valence electrons. The third kappa shape index (κ3) is 2.80. The number of carbonyl (C=O) groups excluding carboxylic acids is 1. The molecule has 1 fully saturated rings. The zero-order chi connectivity index (χ0) is 14.8. The minimum absolute atomic E-state index is 0.109. The van der Waals surface area contributed by atoms with E-state index in [1.807, 2.05) is 38.1 Å². The van der Waals surface area contributed by atoms with Crippen LogP contribution in [-0.2, 0) is 4.79 Å². The van der Waals surface area contributed by atoms with Crippen molar-refractivity contribution in [2.45, 2.75) is 32.8 Å². The molecule has 2 N–H and O–H groups in total. The van der Waals surface area contributed by atoms with Crippen molar-refractivity contribution in [1.82, 2.24) is 5.32 Å². The number of aliphatic hydroxyl groups is 1. The van der Waals surface area contributed by atoms with Crippen LogP contribution in [0.3, 0.4) is 0 Å². The molecule has 1 saturated heterocycles. The molecule has 1 aromatic rings. The lowest BCUT2D eigenvalue weighted by atomic mass is 9.89. The monoisotopic (exact) mass is 276 g/mol. The third-order valence-corrected chi connectivity index (χ3v) is 4.28. The molecule has 0 aromatic heterocycles. The van der Waals surface area contributed by atoms with Crippen molar-refractivity contribution in [3.8, 4) is 0 Å². The topological polar surface area (TPSA) is 52.6 Å². The van der Waals surface area contributed by atoms with Gasteiger partial charge in [-0.15, -0.1) is 0 Å². The largest absolute Gasteiger partial charge is 0.388 e. The molecule has 1 amide bonds. The van der Waals surface area contributed by atoms with Gasteiger partial charge in [0.2, 0.25) is 5.91 Å². The quantitative estimate of drug-likeness (QED) is 0.885. The number of anilines is 1. The molecular formula is C16H24N2O2. The smallest absolute Gasteiger partial charge is 0.227 e. The van der Waals surface area contributed by atoms with Crippen LogP contribution in [0.15, 0.2) is 24.3 Å². The van der Waals surface area contributed by atoms with Crippen molar-refractivity contribution >= 4 is 11.6 Å². The first-order chi connectivity index (χ1) is 9.50. The molecule has 1 aliphatic heterocycles. The number of hydrogen-bond donors (Lipinski definition) is 2. The van der Waals surface area contributed by atoms with E-state index in [1.165, 1.54) is 0 Å². The van der Waals surface area contributed by atoms with Gasteiger partial charge in [0, 0.05) is 25.8 Å². The second-order valence-electron chi connectivity index (χ2n) is 5.83. The van der Waals surface area contributed by atoms with Crippen LogP contribution in [0, 0.1) is 5.41 Å². The number of benzene rings is 1. The number of carbonyl (C=O) groups is 1. The lowest BCUT2D eigenvalue weighted by Gasteiger charge is -2.24. The first-order valence-corrected chi connectivity index (χ1v) is 7.25. The second-order valence-corrected chi connectivity index (χ2v) is 5.83. The molecule has 2 atom stereocenters. The molecule has 0 radical (unpaired) electrons. The summed E-state index contributed by atoms with van der Waals surface area (Å²) in [5.74, 6) is 0.109. The summed E-state index contributed by atoms with van der Waals surface area (Å²) < 4.78 is 0. The van der Waals surface area contributed by atoms with E-state index < -0.39 is 6.10 Å². The molecule has 0 saturated carbocycles. The highest BCUT2D eigenvalue weighted by Crippen LogP contribution is 2.33. The lowest BCUT2D eigenvalue weighted by Crippen LogP contribution is -2.39. The van der Waals surface area contributed by atoms with Crippen molar-refractivity contribution in [3.63, 3.8) is 0 Å². The predicted molar refractivity (Wildman–Crippen MR) is 80.7 cm³/mol. The van der Waals surface area contributed by atoms with Gasteiger partial charge in [0.05, 0.1) is 11.5 Å². The van der Waals surface area contributed by atoms with E-state index in [4.69, 9.17) is 0 Å². The van der Waals surface area contributed by atoms with Crippen molar-refractivity contribution in [2.75, 3.05) is 25.0 Å². The molecule has 1 heterocycles. The molecule has 1 unspecified atom stereocenters. The van der Waals surface area contributed by atoms with Gasteiger partial charge in [0.1, 0.15) is 0 Å². The van der Waals surface area contributed by atoms with E-state index in [0.717, 1.165) is 37.2 Å². The summed E-state index contributed by atoms with van der Waals surface area (Å²) in [6.45, 7) is 5.61. The minimum Gasteiger partial charge on any atom is -0.388 e. The maximum Gasteiger partial charge on any atom is 0.227 e. The molecule has 4 heteroatoms. The highest BCUT2D eigenvalue weighted by molar-refractivity contribution is 5.83. The first kappa shape index (κ1) is 14.9. The molecule has 0 aliphatic carbocycles. The highest BCUT2D eigenvalue weighted by Gasteiger charge is 2.39. The van der Waals surface area contributed by atoms with Gasteiger partial charge >= 0.3 is 0 Å². The summed E-state index contributed by atoms with van der Waals surface area (Å²) in [6.07, 6.45) is 1.20. The molecule has 20 heavy (non-hydrogen) atoms. The molecular weight excluding hydrogens is 252 g/mol. The summed E-state index contributed by atoms with van der Waals surface area (Å²) >= 11 is 0. The fourth-order valence-corrected chi connectivity index (χ4v) is 2.81. The Kier molecular flexibility index (Phi) is 4.33. The Labute approximate surface area is 120 Å². The molecule has 1 aliphatic rings. The van der Waals surface area contributed by atoms with Crippen LogP contribution in [0.1, 0.15) is 38.4 Å². The van der Waals surface area contributed by atoms with Crippen LogP contribution < -0.4 is 10.2 Å². The number of rotatable bonds is 4. The van der Waals surface area contributed by atoms with Gasteiger partial charge in [-0.2, -0.15) is 0 Å². The van der Waals surface area contributed by atoms with Gasteiger partial charge in [-0.25, -0.2) is 0 Å². The fourth-order valence-electron chi connectivity index (χ4n) is 2.81. The van der Waals surface area contributed by atoms with E-state index in [1.54, 1.807) is 7.05 Å². The first-order valence-electron chi connectivity index (χ1n) is 7.25. The fraction of sp³-hybridized carbons (Fsp3) is 0.562. The Bertz CT molecular complexity index is 472. The van der Waals surface area contributed by atoms with E-state index >= 15 is 0 Å². The number of hydrogen-bond acceptors (Lipinski definition) is 3. The van der Waals surface area contributed by atoms with Crippen molar-refractivity contribution in [1.29, 1.82) is 0 Å². The number of amides is 1. The molecule has 4 nitrogen and oxygen atoms in total. The number of nitrogens with zero attached hydrogens (tertiary/aromatic N) is 1. The van der Waals surface area contributed by atoms with Gasteiger partial charge in [0.25, 0.3) is 0 Å².